The highest BCUT2D eigenvalue weighted by Gasteiger charge is 2.11. The number of halogens is 1. The van der Waals surface area contributed by atoms with E-state index in [1.54, 1.807) is 0 Å². The van der Waals surface area contributed by atoms with E-state index in [2.05, 4.69) is 15.3 Å². The van der Waals surface area contributed by atoms with Crippen molar-refractivity contribution in [2.75, 3.05) is 25.1 Å². The number of aromatic nitrogens is 2. The maximum atomic E-state index is 6.08. The quantitative estimate of drug-likeness (QED) is 0.629. The summed E-state index contributed by atoms with van der Waals surface area (Å²) in [7, 11) is 0. The lowest BCUT2D eigenvalue weighted by atomic mass is 10.2. The molecule has 0 aliphatic heterocycles. The first-order chi connectivity index (χ1) is 8.06. The Labute approximate surface area is 108 Å². The first kappa shape index (κ1) is 14.2. The van der Waals surface area contributed by atoms with Gasteiger partial charge in [0.1, 0.15) is 16.8 Å². The van der Waals surface area contributed by atoms with Crippen molar-refractivity contribution in [1.29, 1.82) is 0 Å². The van der Waals surface area contributed by atoms with Crippen LogP contribution >= 0.6 is 11.6 Å². The van der Waals surface area contributed by atoms with E-state index in [1.807, 2.05) is 27.7 Å². The average molecular weight is 258 g/mol. The molecule has 0 saturated carbocycles. The average Bonchev–Trinajstić information content (AvgIpc) is 2.29. The zero-order valence-electron chi connectivity index (χ0n) is 10.9. The van der Waals surface area contributed by atoms with Crippen molar-refractivity contribution in [2.24, 2.45) is 0 Å². The zero-order valence-corrected chi connectivity index (χ0v) is 11.6. The molecule has 0 fully saturated rings. The largest absolute Gasteiger partial charge is 0.380 e. The molecule has 0 aromatic carbocycles. The van der Waals surface area contributed by atoms with Crippen LogP contribution in [0.5, 0.6) is 0 Å². The minimum Gasteiger partial charge on any atom is -0.380 e. The Kier molecular flexibility index (Phi) is 5.65. The van der Waals surface area contributed by atoms with Gasteiger partial charge in [-0.15, -0.1) is 0 Å². The molecule has 4 nitrogen and oxygen atoms in total. The van der Waals surface area contributed by atoms with Crippen molar-refractivity contribution in [2.45, 2.75) is 33.6 Å². The van der Waals surface area contributed by atoms with Gasteiger partial charge in [-0.25, -0.2) is 9.97 Å². The molecule has 1 aromatic rings. The summed E-state index contributed by atoms with van der Waals surface area (Å²) in [6, 6.07) is 0. The second kappa shape index (κ2) is 6.77. The monoisotopic (exact) mass is 257 g/mol. The second-order valence-corrected chi connectivity index (χ2v) is 4.48. The van der Waals surface area contributed by atoms with E-state index in [4.69, 9.17) is 16.3 Å². The summed E-state index contributed by atoms with van der Waals surface area (Å²) in [5.74, 6) is 1.83. The van der Waals surface area contributed by atoms with Crippen LogP contribution in [-0.4, -0.2) is 29.7 Å². The lowest BCUT2D eigenvalue weighted by Gasteiger charge is -2.12. The van der Waals surface area contributed by atoms with Crippen molar-refractivity contribution in [3.8, 4) is 0 Å². The van der Waals surface area contributed by atoms with Crippen LogP contribution in [0.15, 0.2) is 0 Å². The van der Waals surface area contributed by atoms with E-state index in [-0.39, 0.29) is 5.92 Å². The molecule has 0 radical (unpaired) electrons. The van der Waals surface area contributed by atoms with Crippen LogP contribution in [0.25, 0.3) is 0 Å². The minimum absolute atomic E-state index is 0.264. The molecule has 0 bridgehead atoms. The predicted molar refractivity (Wildman–Crippen MR) is 70.9 cm³/mol. The maximum absolute atomic E-state index is 6.08. The number of nitrogens with zero attached hydrogens (tertiary/aromatic N) is 2. The van der Waals surface area contributed by atoms with Crippen LogP contribution < -0.4 is 5.32 Å². The third-order valence-corrected chi connectivity index (χ3v) is 2.73. The highest BCUT2D eigenvalue weighted by atomic mass is 35.5. The second-order valence-electron chi connectivity index (χ2n) is 4.12. The molecular weight excluding hydrogens is 238 g/mol. The van der Waals surface area contributed by atoms with E-state index < -0.39 is 0 Å². The van der Waals surface area contributed by atoms with Crippen molar-refractivity contribution in [3.63, 3.8) is 0 Å². The summed E-state index contributed by atoms with van der Waals surface area (Å²) in [6.07, 6.45) is 0. The van der Waals surface area contributed by atoms with Crippen molar-refractivity contribution >= 4 is 17.4 Å². The third kappa shape index (κ3) is 4.13. The van der Waals surface area contributed by atoms with E-state index in [0.717, 1.165) is 30.4 Å². The molecule has 0 saturated heterocycles. The Balaban J connectivity index is 2.75. The van der Waals surface area contributed by atoms with Crippen molar-refractivity contribution in [3.05, 3.63) is 16.5 Å². The summed E-state index contributed by atoms with van der Waals surface area (Å²) in [5, 5.41) is 3.74. The Morgan fingerprint density at radius 3 is 2.65 bits per heavy atom. The van der Waals surface area contributed by atoms with Gasteiger partial charge in [0.25, 0.3) is 0 Å². The molecule has 5 heteroatoms. The summed E-state index contributed by atoms with van der Waals surface area (Å²) < 4.78 is 5.26. The Morgan fingerprint density at radius 2 is 2.06 bits per heavy atom. The molecule has 1 N–H and O–H groups in total. The number of rotatable bonds is 6. The fourth-order valence-corrected chi connectivity index (χ4v) is 1.50. The van der Waals surface area contributed by atoms with Gasteiger partial charge in [0.2, 0.25) is 0 Å². The number of ether oxygens (including phenoxy) is 1. The van der Waals surface area contributed by atoms with E-state index in [9.17, 15) is 0 Å². The lowest BCUT2D eigenvalue weighted by Crippen LogP contribution is -2.13. The summed E-state index contributed by atoms with van der Waals surface area (Å²) in [5.41, 5.74) is 0.882. The fourth-order valence-electron chi connectivity index (χ4n) is 1.32. The molecule has 0 spiro atoms. The summed E-state index contributed by atoms with van der Waals surface area (Å²) in [4.78, 5) is 8.73. The number of hydrogen-bond acceptors (Lipinski definition) is 4. The molecule has 0 unspecified atom stereocenters. The van der Waals surface area contributed by atoms with Gasteiger partial charge in [0, 0.05) is 24.6 Å². The Hall–Kier alpha value is -0.870. The molecule has 0 aliphatic rings. The summed E-state index contributed by atoms with van der Waals surface area (Å²) in [6.45, 7) is 10.1. The lowest BCUT2D eigenvalue weighted by molar-refractivity contribution is 0.158. The zero-order chi connectivity index (χ0) is 12.8. The molecule has 0 aliphatic carbocycles. The number of nitrogens with one attached hydrogen (secondary N) is 1. The number of anilines is 1. The van der Waals surface area contributed by atoms with Crippen molar-refractivity contribution in [1.82, 2.24) is 9.97 Å². The van der Waals surface area contributed by atoms with Gasteiger partial charge in [-0.05, 0) is 13.8 Å². The molecule has 0 amide bonds. The van der Waals surface area contributed by atoms with Crippen LogP contribution in [0.2, 0.25) is 5.15 Å². The van der Waals surface area contributed by atoms with Crippen LogP contribution in [-0.2, 0) is 4.74 Å². The van der Waals surface area contributed by atoms with Crippen LogP contribution in [0, 0.1) is 6.92 Å². The van der Waals surface area contributed by atoms with Gasteiger partial charge in [-0.3, -0.25) is 0 Å². The first-order valence-corrected chi connectivity index (χ1v) is 6.29. The van der Waals surface area contributed by atoms with E-state index in [1.165, 1.54) is 0 Å². The molecular formula is C12H20ClN3O. The SMILES string of the molecule is CCOCCNc1nc(C(C)C)nc(Cl)c1C. The van der Waals surface area contributed by atoms with Crippen LogP contribution in [0.3, 0.4) is 0 Å². The normalized spacial score (nSPS) is 10.9. The van der Waals surface area contributed by atoms with Crippen LogP contribution in [0.4, 0.5) is 5.82 Å². The first-order valence-electron chi connectivity index (χ1n) is 5.91. The molecule has 1 heterocycles. The minimum atomic E-state index is 0.264. The molecule has 17 heavy (non-hydrogen) atoms. The third-order valence-electron chi connectivity index (χ3n) is 2.36. The molecule has 1 rings (SSSR count). The van der Waals surface area contributed by atoms with Gasteiger partial charge in [-0.1, -0.05) is 25.4 Å². The predicted octanol–water partition coefficient (Wildman–Crippen LogP) is 3.01. The topological polar surface area (TPSA) is 47.0 Å². The van der Waals surface area contributed by atoms with Crippen LogP contribution in [0.1, 0.15) is 38.1 Å². The maximum Gasteiger partial charge on any atom is 0.137 e. The molecule has 0 atom stereocenters. The smallest absolute Gasteiger partial charge is 0.137 e. The van der Waals surface area contributed by atoms with Crippen molar-refractivity contribution < 1.29 is 4.74 Å². The molecule has 1 aromatic heterocycles. The molecule has 96 valence electrons. The number of hydrogen-bond donors (Lipinski definition) is 1. The highest BCUT2D eigenvalue weighted by Crippen LogP contribution is 2.22. The van der Waals surface area contributed by atoms with Gasteiger partial charge in [-0.2, -0.15) is 0 Å². The van der Waals surface area contributed by atoms with E-state index in [0.29, 0.717) is 11.8 Å². The van der Waals surface area contributed by atoms with Gasteiger partial charge >= 0.3 is 0 Å². The Bertz CT molecular complexity index is 369. The fraction of sp³-hybridized carbons (Fsp3) is 0.667. The standard InChI is InChI=1S/C12H20ClN3O/c1-5-17-7-6-14-12-9(4)10(13)15-11(16-12)8(2)3/h8H,5-7H2,1-4H3,(H,14,15,16). The van der Waals surface area contributed by atoms with Gasteiger partial charge < -0.3 is 10.1 Å². The van der Waals surface area contributed by atoms with Gasteiger partial charge in [0.05, 0.1) is 6.61 Å². The van der Waals surface area contributed by atoms with Gasteiger partial charge in [0.15, 0.2) is 0 Å². The van der Waals surface area contributed by atoms with E-state index >= 15 is 0 Å². The summed E-state index contributed by atoms with van der Waals surface area (Å²) >= 11 is 6.08. The highest BCUT2D eigenvalue weighted by molar-refractivity contribution is 6.30. The Morgan fingerprint density at radius 1 is 1.35 bits per heavy atom.